The first kappa shape index (κ1) is 19.4. The molecule has 0 bridgehead atoms. The predicted octanol–water partition coefficient (Wildman–Crippen LogP) is 2.73. The lowest BCUT2D eigenvalue weighted by Crippen LogP contribution is -2.36. The Morgan fingerprint density at radius 1 is 1.18 bits per heavy atom. The van der Waals surface area contributed by atoms with Crippen LogP contribution in [0.1, 0.15) is 54.4 Å². The molecule has 2 saturated carbocycles. The summed E-state index contributed by atoms with van der Waals surface area (Å²) in [4.78, 5) is 27.4. The Kier molecular flexibility index (Phi) is 5.43. The summed E-state index contributed by atoms with van der Waals surface area (Å²) >= 11 is 0. The van der Waals surface area contributed by atoms with E-state index in [1.54, 1.807) is 0 Å². The molecule has 1 aromatic carbocycles. The number of amides is 2. The van der Waals surface area contributed by atoms with E-state index in [2.05, 4.69) is 5.32 Å². The summed E-state index contributed by atoms with van der Waals surface area (Å²) < 4.78 is 5.45. The van der Waals surface area contributed by atoms with Crippen LogP contribution in [0.2, 0.25) is 0 Å². The highest BCUT2D eigenvalue weighted by Gasteiger charge is 2.43. The number of ether oxygens (including phenoxy) is 1. The summed E-state index contributed by atoms with van der Waals surface area (Å²) in [5, 5.41) is 12.8. The van der Waals surface area contributed by atoms with Crippen LogP contribution in [0.3, 0.4) is 0 Å². The molecule has 6 heteroatoms. The Morgan fingerprint density at radius 3 is 2.54 bits per heavy atom. The summed E-state index contributed by atoms with van der Waals surface area (Å²) in [6.45, 7) is 2.51. The molecule has 5 atom stereocenters. The van der Waals surface area contributed by atoms with Crippen molar-refractivity contribution in [3.8, 4) is 0 Å². The maximum absolute atomic E-state index is 13.2. The molecule has 0 aromatic heterocycles. The lowest BCUT2D eigenvalue weighted by atomic mass is 10.0. The van der Waals surface area contributed by atoms with Crippen LogP contribution in [-0.4, -0.2) is 53.7 Å². The molecular weight excluding hydrogens is 356 g/mol. The van der Waals surface area contributed by atoms with E-state index >= 15 is 0 Å². The highest BCUT2D eigenvalue weighted by atomic mass is 16.5. The van der Waals surface area contributed by atoms with Gasteiger partial charge in [0.05, 0.1) is 6.10 Å². The molecule has 0 radical (unpaired) electrons. The first-order chi connectivity index (χ1) is 13.4. The number of nitrogens with one attached hydrogen (secondary N) is 1. The van der Waals surface area contributed by atoms with Crippen molar-refractivity contribution in [2.75, 3.05) is 19.0 Å². The van der Waals surface area contributed by atoms with Gasteiger partial charge in [0, 0.05) is 30.9 Å². The molecule has 2 aliphatic carbocycles. The maximum atomic E-state index is 13.2. The third kappa shape index (κ3) is 3.67. The molecule has 28 heavy (non-hydrogen) atoms. The van der Waals surface area contributed by atoms with Gasteiger partial charge in [-0.1, -0.05) is 6.07 Å². The van der Waals surface area contributed by atoms with Crippen LogP contribution in [0.15, 0.2) is 18.2 Å². The minimum atomic E-state index is -0.394. The van der Waals surface area contributed by atoms with Crippen molar-refractivity contribution < 1.29 is 19.4 Å². The molecule has 0 spiro atoms. The number of anilines is 1. The van der Waals surface area contributed by atoms with Crippen LogP contribution in [0.25, 0.3) is 0 Å². The van der Waals surface area contributed by atoms with Gasteiger partial charge < -0.3 is 20.1 Å². The van der Waals surface area contributed by atoms with Gasteiger partial charge in [-0.2, -0.15) is 0 Å². The summed E-state index contributed by atoms with van der Waals surface area (Å²) in [6, 6.07) is 5.70. The second kappa shape index (κ2) is 7.84. The Morgan fingerprint density at radius 2 is 1.89 bits per heavy atom. The van der Waals surface area contributed by atoms with Crippen LogP contribution in [0.5, 0.6) is 0 Å². The zero-order valence-electron chi connectivity index (χ0n) is 16.7. The van der Waals surface area contributed by atoms with Gasteiger partial charge in [0.15, 0.2) is 0 Å². The van der Waals surface area contributed by atoms with Gasteiger partial charge in [-0.3, -0.25) is 9.59 Å². The average molecular weight is 386 g/mol. The zero-order valence-corrected chi connectivity index (χ0v) is 16.7. The highest BCUT2D eigenvalue weighted by molar-refractivity contribution is 6.00. The predicted molar refractivity (Wildman–Crippen MR) is 106 cm³/mol. The molecule has 6 nitrogen and oxygen atoms in total. The second-order valence-electron chi connectivity index (χ2n) is 8.66. The Labute approximate surface area is 166 Å². The van der Waals surface area contributed by atoms with Crippen molar-refractivity contribution in [1.29, 1.82) is 0 Å². The second-order valence-corrected chi connectivity index (χ2v) is 8.66. The number of carbonyl (C=O) groups excluding carboxylic acids is 2. The molecule has 4 rings (SSSR count). The monoisotopic (exact) mass is 386 g/mol. The molecule has 1 saturated heterocycles. The minimum Gasteiger partial charge on any atom is -0.393 e. The first-order valence-corrected chi connectivity index (χ1v) is 10.4. The first-order valence-electron chi connectivity index (χ1n) is 10.4. The number of carbonyl (C=O) groups is 2. The van der Waals surface area contributed by atoms with E-state index in [0.29, 0.717) is 29.7 Å². The van der Waals surface area contributed by atoms with Crippen molar-refractivity contribution in [2.24, 2.45) is 11.8 Å². The van der Waals surface area contributed by atoms with Crippen LogP contribution < -0.4 is 5.32 Å². The average Bonchev–Trinajstić information content (AvgIpc) is 3.38. The van der Waals surface area contributed by atoms with Gasteiger partial charge in [-0.25, -0.2) is 0 Å². The van der Waals surface area contributed by atoms with E-state index in [4.69, 9.17) is 4.74 Å². The van der Waals surface area contributed by atoms with Crippen molar-refractivity contribution in [3.63, 3.8) is 0 Å². The van der Waals surface area contributed by atoms with E-state index in [-0.39, 0.29) is 24.0 Å². The lowest BCUT2D eigenvalue weighted by Gasteiger charge is -2.27. The summed E-state index contributed by atoms with van der Waals surface area (Å²) in [5.74, 6) is 0.929. The SMILES string of the molecule is Cc1c(NC(=O)C2CCCO2)cccc1C(=O)N(C)C1C[C@H]2CC(O)C[C@H]2C1. The van der Waals surface area contributed by atoms with Gasteiger partial charge in [-0.05, 0) is 75.0 Å². The maximum Gasteiger partial charge on any atom is 0.254 e. The molecule has 3 unspecified atom stereocenters. The largest absolute Gasteiger partial charge is 0.393 e. The number of aliphatic hydroxyl groups is 1. The van der Waals surface area contributed by atoms with E-state index in [1.807, 2.05) is 37.1 Å². The van der Waals surface area contributed by atoms with E-state index in [0.717, 1.165) is 44.1 Å². The molecule has 152 valence electrons. The molecule has 3 aliphatic rings. The fourth-order valence-electron chi connectivity index (χ4n) is 5.23. The number of nitrogens with zero attached hydrogens (tertiary/aromatic N) is 1. The smallest absolute Gasteiger partial charge is 0.254 e. The number of aliphatic hydroxyl groups excluding tert-OH is 1. The Balaban J connectivity index is 1.45. The Bertz CT molecular complexity index is 745. The lowest BCUT2D eigenvalue weighted by molar-refractivity contribution is -0.124. The molecule has 3 fully saturated rings. The Hall–Kier alpha value is -1.92. The van der Waals surface area contributed by atoms with Gasteiger partial charge in [-0.15, -0.1) is 0 Å². The molecule has 1 aromatic rings. The fourth-order valence-corrected chi connectivity index (χ4v) is 5.23. The number of benzene rings is 1. The standard InChI is InChI=1S/C22H30N2O4/c1-13-18(5-3-6-19(13)23-21(26)20-7-4-8-28-20)22(27)24(2)16-9-14-11-17(25)12-15(14)10-16/h3,5-6,14-17,20,25H,4,7-12H2,1-2H3,(H,23,26)/t14-,15+,16?,17?,20?. The van der Waals surface area contributed by atoms with E-state index in [9.17, 15) is 14.7 Å². The molecule has 1 aliphatic heterocycles. The van der Waals surface area contributed by atoms with Crippen molar-refractivity contribution in [2.45, 2.75) is 63.7 Å². The summed E-state index contributed by atoms with van der Waals surface area (Å²) in [6.07, 6.45) is 4.76. The van der Waals surface area contributed by atoms with E-state index in [1.165, 1.54) is 0 Å². The number of rotatable bonds is 4. The quantitative estimate of drug-likeness (QED) is 0.834. The topological polar surface area (TPSA) is 78.9 Å². The number of hydrogen-bond donors (Lipinski definition) is 2. The summed E-state index contributed by atoms with van der Waals surface area (Å²) in [7, 11) is 1.88. The van der Waals surface area contributed by atoms with Gasteiger partial charge in [0.25, 0.3) is 11.8 Å². The van der Waals surface area contributed by atoms with Gasteiger partial charge in [0.2, 0.25) is 0 Å². The van der Waals surface area contributed by atoms with Crippen molar-refractivity contribution in [3.05, 3.63) is 29.3 Å². The van der Waals surface area contributed by atoms with Gasteiger partial charge in [0.1, 0.15) is 6.10 Å². The number of hydrogen-bond acceptors (Lipinski definition) is 4. The molecule has 2 N–H and O–H groups in total. The van der Waals surface area contributed by atoms with E-state index < -0.39 is 6.10 Å². The van der Waals surface area contributed by atoms with Crippen molar-refractivity contribution in [1.82, 2.24) is 4.90 Å². The third-order valence-corrected chi connectivity index (χ3v) is 6.88. The zero-order chi connectivity index (χ0) is 19.8. The molecular formula is C22H30N2O4. The fraction of sp³-hybridized carbons (Fsp3) is 0.636. The normalized spacial score (nSPS) is 31.6. The van der Waals surface area contributed by atoms with Crippen molar-refractivity contribution >= 4 is 17.5 Å². The van der Waals surface area contributed by atoms with Crippen LogP contribution in [0, 0.1) is 18.8 Å². The number of fused-ring (bicyclic) bond motifs is 1. The van der Waals surface area contributed by atoms with Crippen LogP contribution in [0.4, 0.5) is 5.69 Å². The minimum absolute atomic E-state index is 0.00348. The summed E-state index contributed by atoms with van der Waals surface area (Å²) in [5.41, 5.74) is 2.09. The third-order valence-electron chi connectivity index (χ3n) is 6.88. The van der Waals surface area contributed by atoms with Crippen LogP contribution >= 0.6 is 0 Å². The molecule has 2 amide bonds. The molecule has 1 heterocycles. The van der Waals surface area contributed by atoms with Crippen LogP contribution in [-0.2, 0) is 9.53 Å². The highest BCUT2D eigenvalue weighted by Crippen LogP contribution is 2.45. The van der Waals surface area contributed by atoms with Gasteiger partial charge >= 0.3 is 0 Å².